The number of aromatic amines is 1. The predicted octanol–water partition coefficient (Wildman–Crippen LogP) is 5.06. The minimum Gasteiger partial charge on any atom is -0.378 e. The normalized spacial score (nSPS) is 27.0. The van der Waals surface area contributed by atoms with E-state index in [9.17, 15) is 4.79 Å². The van der Waals surface area contributed by atoms with Crippen molar-refractivity contribution in [3.05, 3.63) is 33.2 Å². The number of hydrogen-bond donors (Lipinski definition) is 1. The fourth-order valence-electron chi connectivity index (χ4n) is 5.26. The van der Waals surface area contributed by atoms with E-state index in [0.717, 1.165) is 55.6 Å². The van der Waals surface area contributed by atoms with Crippen molar-refractivity contribution in [3.8, 4) is 0 Å². The van der Waals surface area contributed by atoms with Gasteiger partial charge in [0.05, 0.1) is 17.1 Å². The van der Waals surface area contributed by atoms with Gasteiger partial charge in [-0.05, 0) is 76.5 Å². The molecule has 2 fully saturated rings. The summed E-state index contributed by atoms with van der Waals surface area (Å²) in [5.41, 5.74) is 3.09. The van der Waals surface area contributed by atoms with Crippen molar-refractivity contribution >= 4 is 22.6 Å². The van der Waals surface area contributed by atoms with E-state index >= 15 is 0 Å². The maximum Gasteiger partial charge on any atom is 0.326 e. The fourth-order valence-corrected chi connectivity index (χ4v) is 5.42. The number of H-pyrrole nitrogens is 1. The molecule has 0 amide bonds. The number of nitrogens with zero attached hydrogens (tertiary/aromatic N) is 2. The van der Waals surface area contributed by atoms with Crippen LogP contribution in [0.15, 0.2) is 16.9 Å². The van der Waals surface area contributed by atoms with Crippen molar-refractivity contribution in [1.82, 2.24) is 14.5 Å². The first-order chi connectivity index (χ1) is 13.9. The molecular weight excluding hydrogens is 386 g/mol. The van der Waals surface area contributed by atoms with E-state index in [0.29, 0.717) is 11.1 Å². The summed E-state index contributed by atoms with van der Waals surface area (Å²) in [6, 6.07) is 4.17. The molecule has 1 saturated heterocycles. The molecule has 1 saturated carbocycles. The van der Waals surface area contributed by atoms with Crippen LogP contribution in [-0.2, 0) is 4.74 Å². The van der Waals surface area contributed by atoms with Crippen molar-refractivity contribution in [2.24, 2.45) is 0 Å². The molecule has 0 radical (unpaired) electrons. The standard InChI is InChI=1S/C23H34ClN3O2/c1-4-13-29-18-5-9-23(3,10-6-18)26-11-7-17(8-12-26)27-21-14-16(2)19(24)15-20(21)25-22(27)28/h14-15,17-18H,4-13H2,1-3H3,(H,25,28)/t18-,23-. The van der Waals surface area contributed by atoms with E-state index in [1.165, 1.54) is 25.7 Å². The number of rotatable bonds is 5. The lowest BCUT2D eigenvalue weighted by Crippen LogP contribution is -2.53. The Hall–Kier alpha value is -1.30. The largest absolute Gasteiger partial charge is 0.378 e. The highest BCUT2D eigenvalue weighted by atomic mass is 35.5. The number of imidazole rings is 1. The second kappa shape index (κ2) is 8.44. The molecule has 1 aromatic heterocycles. The molecule has 1 aromatic carbocycles. The Bertz CT molecular complexity index is 903. The fraction of sp³-hybridized carbons (Fsp3) is 0.696. The Morgan fingerprint density at radius 3 is 2.55 bits per heavy atom. The van der Waals surface area contributed by atoms with Crippen LogP contribution < -0.4 is 5.69 Å². The van der Waals surface area contributed by atoms with Gasteiger partial charge in [0.2, 0.25) is 0 Å². The summed E-state index contributed by atoms with van der Waals surface area (Å²) < 4.78 is 7.95. The van der Waals surface area contributed by atoms with Crippen molar-refractivity contribution in [2.75, 3.05) is 19.7 Å². The highest BCUT2D eigenvalue weighted by molar-refractivity contribution is 6.32. The van der Waals surface area contributed by atoms with Crippen LogP contribution in [0.5, 0.6) is 0 Å². The lowest BCUT2D eigenvalue weighted by atomic mass is 9.79. The summed E-state index contributed by atoms with van der Waals surface area (Å²) in [6.07, 6.45) is 8.31. The van der Waals surface area contributed by atoms with Crippen molar-refractivity contribution < 1.29 is 4.74 Å². The molecule has 1 N–H and O–H groups in total. The number of aryl methyl sites for hydroxylation is 1. The molecule has 1 aliphatic carbocycles. The second-order valence-electron chi connectivity index (χ2n) is 9.20. The van der Waals surface area contributed by atoms with Crippen LogP contribution in [0.2, 0.25) is 5.02 Å². The number of piperidine rings is 1. The Kier molecular flexibility index (Phi) is 6.10. The van der Waals surface area contributed by atoms with Gasteiger partial charge in [0.1, 0.15) is 0 Å². The topological polar surface area (TPSA) is 50.3 Å². The van der Waals surface area contributed by atoms with Gasteiger partial charge >= 0.3 is 5.69 Å². The zero-order valence-corrected chi connectivity index (χ0v) is 18.7. The number of ether oxygens (including phenoxy) is 1. The number of halogens is 1. The number of benzene rings is 1. The van der Waals surface area contributed by atoms with Gasteiger partial charge in [-0.3, -0.25) is 9.47 Å². The summed E-state index contributed by atoms with van der Waals surface area (Å²) in [7, 11) is 0. The maximum atomic E-state index is 12.7. The number of fused-ring (bicyclic) bond motifs is 1. The summed E-state index contributed by atoms with van der Waals surface area (Å²) in [5.74, 6) is 0. The Balaban J connectivity index is 1.43. The quantitative estimate of drug-likeness (QED) is 0.737. The molecule has 29 heavy (non-hydrogen) atoms. The number of likely N-dealkylation sites (tertiary alicyclic amines) is 1. The molecule has 0 spiro atoms. The molecule has 4 rings (SSSR count). The molecule has 1 aliphatic heterocycles. The minimum atomic E-state index is -0.0140. The third-order valence-corrected chi connectivity index (χ3v) is 7.56. The van der Waals surface area contributed by atoms with E-state index in [-0.39, 0.29) is 17.3 Å². The molecule has 160 valence electrons. The third kappa shape index (κ3) is 4.14. The number of hydrogen-bond acceptors (Lipinski definition) is 3. The predicted molar refractivity (Wildman–Crippen MR) is 119 cm³/mol. The van der Waals surface area contributed by atoms with E-state index in [4.69, 9.17) is 16.3 Å². The van der Waals surface area contributed by atoms with Gasteiger partial charge < -0.3 is 9.72 Å². The van der Waals surface area contributed by atoms with Crippen LogP contribution in [0, 0.1) is 6.92 Å². The van der Waals surface area contributed by atoms with Crippen LogP contribution in [0.25, 0.3) is 11.0 Å². The summed E-state index contributed by atoms with van der Waals surface area (Å²) in [6.45, 7) is 9.57. The Labute approximate surface area is 178 Å². The smallest absolute Gasteiger partial charge is 0.326 e. The number of aromatic nitrogens is 2. The highest BCUT2D eigenvalue weighted by Crippen LogP contribution is 2.38. The first kappa shape index (κ1) is 21.0. The monoisotopic (exact) mass is 419 g/mol. The average Bonchev–Trinajstić information content (AvgIpc) is 3.02. The van der Waals surface area contributed by atoms with E-state index in [2.05, 4.69) is 23.7 Å². The van der Waals surface area contributed by atoms with E-state index in [1.54, 1.807) is 0 Å². The molecule has 5 nitrogen and oxygen atoms in total. The molecule has 2 aliphatic rings. The molecular formula is C23H34ClN3O2. The van der Waals surface area contributed by atoms with Crippen molar-refractivity contribution in [2.45, 2.75) is 83.4 Å². The van der Waals surface area contributed by atoms with Crippen LogP contribution in [0.1, 0.15) is 70.4 Å². The van der Waals surface area contributed by atoms with Crippen LogP contribution >= 0.6 is 11.6 Å². The van der Waals surface area contributed by atoms with Crippen LogP contribution in [-0.4, -0.2) is 45.8 Å². The van der Waals surface area contributed by atoms with E-state index < -0.39 is 0 Å². The Morgan fingerprint density at radius 1 is 1.21 bits per heavy atom. The van der Waals surface area contributed by atoms with Gasteiger partial charge in [-0.25, -0.2) is 4.79 Å². The van der Waals surface area contributed by atoms with Gasteiger partial charge in [-0.2, -0.15) is 0 Å². The third-order valence-electron chi connectivity index (χ3n) is 7.16. The SMILES string of the molecule is CCCO[C@H]1CC[C@](C)(N2CCC(n3c(=O)[nH]c4cc(Cl)c(C)cc43)CC2)CC1. The van der Waals surface area contributed by atoms with Crippen LogP contribution in [0.4, 0.5) is 0 Å². The summed E-state index contributed by atoms with van der Waals surface area (Å²) >= 11 is 6.25. The lowest BCUT2D eigenvalue weighted by Gasteiger charge is -2.48. The van der Waals surface area contributed by atoms with Gasteiger partial charge in [0.15, 0.2) is 0 Å². The average molecular weight is 420 g/mol. The maximum absolute atomic E-state index is 12.7. The van der Waals surface area contributed by atoms with E-state index in [1.807, 2.05) is 23.6 Å². The summed E-state index contributed by atoms with van der Waals surface area (Å²) in [5, 5.41) is 0.701. The molecule has 6 heteroatoms. The first-order valence-electron chi connectivity index (χ1n) is 11.2. The van der Waals surface area contributed by atoms with Gasteiger partial charge in [-0.15, -0.1) is 0 Å². The molecule has 0 atom stereocenters. The van der Waals surface area contributed by atoms with Crippen LogP contribution in [0.3, 0.4) is 0 Å². The van der Waals surface area contributed by atoms with Gasteiger partial charge in [0.25, 0.3) is 0 Å². The summed E-state index contributed by atoms with van der Waals surface area (Å²) in [4.78, 5) is 18.3. The zero-order valence-electron chi connectivity index (χ0n) is 18.0. The molecule has 2 heterocycles. The number of nitrogens with one attached hydrogen (secondary N) is 1. The van der Waals surface area contributed by atoms with Gasteiger partial charge in [-0.1, -0.05) is 18.5 Å². The zero-order chi connectivity index (χ0) is 20.6. The second-order valence-corrected chi connectivity index (χ2v) is 9.61. The van der Waals surface area contributed by atoms with Crippen molar-refractivity contribution in [1.29, 1.82) is 0 Å². The Morgan fingerprint density at radius 2 is 1.90 bits per heavy atom. The molecule has 0 unspecified atom stereocenters. The van der Waals surface area contributed by atoms with Crippen molar-refractivity contribution in [3.63, 3.8) is 0 Å². The minimum absolute atomic E-state index is 0.0140. The first-order valence-corrected chi connectivity index (χ1v) is 11.6. The van der Waals surface area contributed by atoms with Gasteiger partial charge in [0, 0.05) is 36.3 Å². The highest BCUT2D eigenvalue weighted by Gasteiger charge is 2.38. The molecule has 0 bridgehead atoms. The molecule has 2 aromatic rings. The lowest BCUT2D eigenvalue weighted by molar-refractivity contribution is -0.0305.